The molecule has 2 saturated heterocycles. The van der Waals surface area contributed by atoms with Crippen LogP contribution in [0.3, 0.4) is 0 Å². The second kappa shape index (κ2) is 10.5. The van der Waals surface area contributed by atoms with Crippen molar-refractivity contribution in [3.63, 3.8) is 0 Å². The van der Waals surface area contributed by atoms with Crippen molar-refractivity contribution in [1.29, 1.82) is 0 Å². The number of ether oxygens (including phenoxy) is 1. The lowest BCUT2D eigenvalue weighted by molar-refractivity contribution is -0.139. The quantitative estimate of drug-likeness (QED) is 0.381. The summed E-state index contributed by atoms with van der Waals surface area (Å²) in [5.41, 5.74) is 12.1. The largest absolute Gasteiger partial charge is 0.383 e. The number of nitrogens with zero attached hydrogens (tertiary/aromatic N) is 3. The van der Waals surface area contributed by atoms with Crippen LogP contribution in [-0.2, 0) is 11.3 Å². The van der Waals surface area contributed by atoms with Gasteiger partial charge in [0.15, 0.2) is 0 Å². The third-order valence-electron chi connectivity index (χ3n) is 7.46. The summed E-state index contributed by atoms with van der Waals surface area (Å²) < 4.78 is 64.9. The van der Waals surface area contributed by atoms with E-state index in [9.17, 15) is 14.0 Å². The zero-order valence-corrected chi connectivity index (χ0v) is 21.6. The highest BCUT2D eigenvalue weighted by Crippen LogP contribution is 2.41. The number of nitrogens with one attached hydrogen (secondary N) is 1. The number of carbonyl (C=O) groups excluding carboxylic acids is 2. The molecule has 2 aliphatic rings. The molecule has 1 aromatic heterocycles. The number of nitrogen functional groups attached to an aromatic ring is 1. The van der Waals surface area contributed by atoms with Crippen molar-refractivity contribution < 1.29 is 31.9 Å². The third-order valence-corrected chi connectivity index (χ3v) is 7.46. The number of hydrogen-bond acceptors (Lipinski definition) is 6. The van der Waals surface area contributed by atoms with E-state index in [2.05, 4.69) is 10.4 Å². The molecule has 13 heteroatoms. The molecule has 0 saturated carbocycles. The Labute approximate surface area is 227 Å². The second-order valence-electron chi connectivity index (χ2n) is 10.1. The van der Waals surface area contributed by atoms with Gasteiger partial charge in [0.25, 0.3) is 17.7 Å². The number of alkyl halides is 2. The molecular weight excluding hydrogens is 532 g/mol. The normalized spacial score (nSPS) is 19.3. The smallest absolute Gasteiger partial charge is 0.272 e. The number of piperidine rings is 1. The molecule has 1 unspecified atom stereocenters. The SMILES string of the molecule is Cc1ccc(F)cc1C(=O)NCc1ccc(-c2nn(C3CN(C4COC4)CCC3(F)F)c(N)c2C(N)=O)cc1F. The highest BCUT2D eigenvalue weighted by molar-refractivity contribution is 6.03. The summed E-state index contributed by atoms with van der Waals surface area (Å²) in [5, 5.41) is 6.79. The molecule has 5 rings (SSSR count). The number of primary amides is 1. The molecule has 0 radical (unpaired) electrons. The van der Waals surface area contributed by atoms with E-state index in [-0.39, 0.29) is 59.4 Å². The van der Waals surface area contributed by atoms with E-state index in [1.165, 1.54) is 24.3 Å². The van der Waals surface area contributed by atoms with Crippen LogP contribution in [0.1, 0.15) is 44.3 Å². The van der Waals surface area contributed by atoms with Crippen molar-refractivity contribution in [2.75, 3.05) is 32.0 Å². The maximum Gasteiger partial charge on any atom is 0.272 e. The number of anilines is 1. The van der Waals surface area contributed by atoms with Crippen molar-refractivity contribution in [3.8, 4) is 11.3 Å². The Hall–Kier alpha value is -3.97. The Bertz CT molecular complexity index is 1470. The minimum atomic E-state index is -3.17. The van der Waals surface area contributed by atoms with Crippen molar-refractivity contribution in [1.82, 2.24) is 20.0 Å². The molecule has 9 nitrogen and oxygen atoms in total. The molecule has 3 heterocycles. The zero-order chi connectivity index (χ0) is 28.8. The van der Waals surface area contributed by atoms with E-state index in [0.717, 1.165) is 16.8 Å². The lowest BCUT2D eigenvalue weighted by Gasteiger charge is -2.44. The first kappa shape index (κ1) is 27.6. The number of hydrogen-bond donors (Lipinski definition) is 3. The van der Waals surface area contributed by atoms with Gasteiger partial charge in [-0.1, -0.05) is 18.2 Å². The molecule has 2 aromatic carbocycles. The number of halogens is 4. The summed E-state index contributed by atoms with van der Waals surface area (Å²) in [6.45, 7) is 2.43. The first-order valence-electron chi connectivity index (χ1n) is 12.7. The number of nitrogens with two attached hydrogens (primary N) is 2. The Morgan fingerprint density at radius 1 is 1.18 bits per heavy atom. The van der Waals surface area contributed by atoms with Crippen LogP contribution in [0.5, 0.6) is 0 Å². The summed E-state index contributed by atoms with van der Waals surface area (Å²) in [4.78, 5) is 26.7. The van der Waals surface area contributed by atoms with E-state index in [1.807, 2.05) is 4.90 Å². The maximum atomic E-state index is 15.1. The van der Waals surface area contributed by atoms with Gasteiger partial charge in [0, 0.05) is 42.7 Å². The van der Waals surface area contributed by atoms with Crippen LogP contribution in [0.4, 0.5) is 23.4 Å². The molecule has 3 aromatic rings. The Balaban J connectivity index is 1.41. The van der Waals surface area contributed by atoms with Crippen molar-refractivity contribution in [2.45, 2.75) is 37.9 Å². The summed E-state index contributed by atoms with van der Waals surface area (Å²) in [7, 11) is 0. The molecule has 212 valence electrons. The van der Waals surface area contributed by atoms with Gasteiger partial charge in [-0.3, -0.25) is 14.5 Å². The summed E-state index contributed by atoms with van der Waals surface area (Å²) >= 11 is 0. The minimum absolute atomic E-state index is 0.0115. The third kappa shape index (κ3) is 5.13. The predicted molar refractivity (Wildman–Crippen MR) is 138 cm³/mol. The van der Waals surface area contributed by atoms with E-state index in [1.54, 1.807) is 6.92 Å². The average Bonchev–Trinajstić information content (AvgIpc) is 3.21. The molecule has 0 bridgehead atoms. The standard InChI is InChI=1S/C27H28F4N6O3/c1-14-2-5-17(28)9-19(14)26(39)34-10-16-4-3-15(8-20(16)29)23-22(25(33)38)24(32)37(35-23)21-11-36(18-12-40-13-18)7-6-27(21,30)31/h2-5,8-9,18,21H,6-7,10-13,32H2,1H3,(H2,33,38)(H,34,39). The minimum Gasteiger partial charge on any atom is -0.383 e. The summed E-state index contributed by atoms with van der Waals surface area (Å²) in [5.74, 6) is -6.41. The van der Waals surface area contributed by atoms with Crippen LogP contribution >= 0.6 is 0 Å². The van der Waals surface area contributed by atoms with Gasteiger partial charge in [0.2, 0.25) is 0 Å². The fraction of sp³-hybridized carbons (Fsp3) is 0.370. The topological polar surface area (TPSA) is 128 Å². The van der Waals surface area contributed by atoms with Crippen molar-refractivity contribution in [2.24, 2.45) is 5.73 Å². The van der Waals surface area contributed by atoms with Gasteiger partial charge >= 0.3 is 0 Å². The number of benzene rings is 2. The zero-order valence-electron chi connectivity index (χ0n) is 21.6. The fourth-order valence-corrected chi connectivity index (χ4v) is 5.01. The molecule has 2 amide bonds. The van der Waals surface area contributed by atoms with Gasteiger partial charge in [-0.2, -0.15) is 5.10 Å². The van der Waals surface area contributed by atoms with Crippen LogP contribution < -0.4 is 16.8 Å². The first-order valence-corrected chi connectivity index (χ1v) is 12.7. The first-order chi connectivity index (χ1) is 19.0. The van der Waals surface area contributed by atoms with Gasteiger partial charge < -0.3 is 21.5 Å². The highest BCUT2D eigenvalue weighted by Gasteiger charge is 2.49. The summed E-state index contributed by atoms with van der Waals surface area (Å²) in [6, 6.07) is 6.16. The van der Waals surface area contributed by atoms with Gasteiger partial charge in [0.1, 0.15) is 34.8 Å². The van der Waals surface area contributed by atoms with Crippen molar-refractivity contribution >= 4 is 17.6 Å². The molecule has 1 atom stereocenters. The van der Waals surface area contributed by atoms with Crippen LogP contribution in [0.25, 0.3) is 11.3 Å². The second-order valence-corrected chi connectivity index (χ2v) is 10.1. The molecule has 5 N–H and O–H groups in total. The van der Waals surface area contributed by atoms with E-state index in [4.69, 9.17) is 16.2 Å². The van der Waals surface area contributed by atoms with Crippen LogP contribution in [-0.4, -0.2) is 64.8 Å². The predicted octanol–water partition coefficient (Wildman–Crippen LogP) is 3.03. The van der Waals surface area contributed by atoms with Gasteiger partial charge in [-0.15, -0.1) is 0 Å². The van der Waals surface area contributed by atoms with Crippen LogP contribution in [0.15, 0.2) is 36.4 Å². The molecule has 0 spiro atoms. The molecule has 2 fully saturated rings. The maximum absolute atomic E-state index is 15.1. The lowest BCUT2D eigenvalue weighted by atomic mass is 9.98. The highest BCUT2D eigenvalue weighted by atomic mass is 19.3. The lowest BCUT2D eigenvalue weighted by Crippen LogP contribution is -2.57. The van der Waals surface area contributed by atoms with E-state index < -0.39 is 41.8 Å². The number of amides is 2. The number of carbonyl (C=O) groups is 2. The molecule has 40 heavy (non-hydrogen) atoms. The molecule has 2 aliphatic heterocycles. The van der Waals surface area contributed by atoms with Crippen LogP contribution in [0.2, 0.25) is 0 Å². The molecule has 0 aliphatic carbocycles. The monoisotopic (exact) mass is 560 g/mol. The number of likely N-dealkylation sites (tertiary alicyclic amines) is 1. The Morgan fingerprint density at radius 3 is 2.58 bits per heavy atom. The van der Waals surface area contributed by atoms with Crippen LogP contribution in [0, 0.1) is 18.6 Å². The Morgan fingerprint density at radius 2 is 1.93 bits per heavy atom. The van der Waals surface area contributed by atoms with E-state index >= 15 is 13.2 Å². The van der Waals surface area contributed by atoms with E-state index in [0.29, 0.717) is 18.8 Å². The fourth-order valence-electron chi connectivity index (χ4n) is 5.01. The molecular formula is C27H28F4N6O3. The number of aromatic nitrogens is 2. The number of aryl methyl sites for hydroxylation is 1. The van der Waals surface area contributed by atoms with Crippen molar-refractivity contribution in [3.05, 3.63) is 70.3 Å². The van der Waals surface area contributed by atoms with Gasteiger partial charge in [0.05, 0.1) is 19.3 Å². The van der Waals surface area contributed by atoms with Gasteiger partial charge in [-0.25, -0.2) is 22.2 Å². The summed E-state index contributed by atoms with van der Waals surface area (Å²) in [6.07, 6.45) is -0.432. The number of rotatable bonds is 7. The Kier molecular flexibility index (Phi) is 7.27. The average molecular weight is 561 g/mol. The van der Waals surface area contributed by atoms with Gasteiger partial charge in [-0.05, 0) is 30.7 Å².